The lowest BCUT2D eigenvalue weighted by molar-refractivity contribution is 0.262. The first-order valence-electron chi connectivity index (χ1n) is 6.98. The highest BCUT2D eigenvalue weighted by molar-refractivity contribution is 5.99. The summed E-state index contributed by atoms with van der Waals surface area (Å²) >= 11 is 0. The van der Waals surface area contributed by atoms with Crippen LogP contribution in [0.25, 0.3) is 0 Å². The van der Waals surface area contributed by atoms with Crippen molar-refractivity contribution in [2.75, 3.05) is 28.6 Å². The lowest BCUT2D eigenvalue weighted by Crippen LogP contribution is -2.22. The number of carbonyl (C=O) groups is 1. The maximum atomic E-state index is 11.8. The Kier molecular flexibility index (Phi) is 4.81. The molecule has 0 fully saturated rings. The molecule has 112 valence electrons. The molecule has 2 N–H and O–H groups in total. The van der Waals surface area contributed by atoms with Crippen LogP contribution in [0.4, 0.5) is 22.0 Å². The first kappa shape index (κ1) is 14.9. The summed E-state index contributed by atoms with van der Waals surface area (Å²) in [7, 11) is 0. The molecule has 0 atom stereocenters. The average molecular weight is 288 g/mol. The van der Waals surface area contributed by atoms with Crippen molar-refractivity contribution in [3.8, 4) is 0 Å². The van der Waals surface area contributed by atoms with E-state index in [-0.39, 0.29) is 6.03 Å². The van der Waals surface area contributed by atoms with Gasteiger partial charge in [-0.25, -0.2) is 4.79 Å². The van der Waals surface area contributed by atoms with E-state index in [4.69, 9.17) is 0 Å². The molecule has 2 aromatic rings. The van der Waals surface area contributed by atoms with Crippen LogP contribution in [-0.4, -0.2) is 24.3 Å². The molecule has 2 rings (SSSR count). The SMILES string of the molecule is CCN(CC)c1ccc(NC(=O)Nc2ccon2)c(C)c1. The minimum Gasteiger partial charge on any atom is -0.372 e. The Balaban J connectivity index is 2.05. The van der Waals surface area contributed by atoms with Gasteiger partial charge in [0.15, 0.2) is 5.82 Å². The molecule has 0 aliphatic heterocycles. The van der Waals surface area contributed by atoms with Crippen LogP contribution >= 0.6 is 0 Å². The maximum absolute atomic E-state index is 11.8. The van der Waals surface area contributed by atoms with E-state index in [1.165, 1.54) is 6.26 Å². The second-order valence-corrected chi connectivity index (χ2v) is 4.64. The Morgan fingerprint density at radius 1 is 1.24 bits per heavy atom. The summed E-state index contributed by atoms with van der Waals surface area (Å²) in [4.78, 5) is 14.1. The van der Waals surface area contributed by atoms with Crippen LogP contribution in [0, 0.1) is 6.92 Å². The lowest BCUT2D eigenvalue weighted by atomic mass is 10.1. The average Bonchev–Trinajstić information content (AvgIpc) is 2.96. The van der Waals surface area contributed by atoms with E-state index in [0.717, 1.165) is 30.0 Å². The van der Waals surface area contributed by atoms with Gasteiger partial charge in [0.2, 0.25) is 0 Å². The number of benzene rings is 1. The molecule has 21 heavy (non-hydrogen) atoms. The molecular formula is C15H20N4O2. The van der Waals surface area contributed by atoms with Crippen molar-refractivity contribution in [1.82, 2.24) is 5.16 Å². The van der Waals surface area contributed by atoms with E-state index in [9.17, 15) is 4.79 Å². The normalized spacial score (nSPS) is 10.2. The second kappa shape index (κ2) is 6.78. The van der Waals surface area contributed by atoms with E-state index >= 15 is 0 Å². The van der Waals surface area contributed by atoms with Gasteiger partial charge < -0.3 is 14.7 Å². The van der Waals surface area contributed by atoms with Crippen LogP contribution in [0.2, 0.25) is 0 Å². The number of aryl methyl sites for hydroxylation is 1. The highest BCUT2D eigenvalue weighted by atomic mass is 16.5. The van der Waals surface area contributed by atoms with Crippen molar-refractivity contribution in [3.05, 3.63) is 36.1 Å². The van der Waals surface area contributed by atoms with Crippen LogP contribution in [0.3, 0.4) is 0 Å². The molecule has 0 bridgehead atoms. The summed E-state index contributed by atoms with van der Waals surface area (Å²) < 4.78 is 4.66. The van der Waals surface area contributed by atoms with E-state index in [1.807, 2.05) is 19.1 Å². The van der Waals surface area contributed by atoms with Crippen molar-refractivity contribution in [2.24, 2.45) is 0 Å². The van der Waals surface area contributed by atoms with Gasteiger partial charge in [-0.2, -0.15) is 0 Å². The lowest BCUT2D eigenvalue weighted by Gasteiger charge is -2.22. The molecule has 0 radical (unpaired) electrons. The number of carbonyl (C=O) groups excluding carboxylic acids is 1. The minimum absolute atomic E-state index is 0.345. The largest absolute Gasteiger partial charge is 0.372 e. The van der Waals surface area contributed by atoms with Gasteiger partial charge >= 0.3 is 6.03 Å². The fourth-order valence-electron chi connectivity index (χ4n) is 2.12. The molecule has 6 heteroatoms. The van der Waals surface area contributed by atoms with E-state index in [1.54, 1.807) is 6.07 Å². The standard InChI is InChI=1S/C15H20N4O2/c1-4-19(5-2)12-6-7-13(11(3)10-12)16-15(20)17-14-8-9-21-18-14/h6-10H,4-5H2,1-3H3,(H2,16,17,18,20). The molecule has 1 aromatic carbocycles. The van der Waals surface area contributed by atoms with Crippen LogP contribution in [0.5, 0.6) is 0 Å². The number of rotatable bonds is 5. The Bertz CT molecular complexity index is 592. The van der Waals surface area contributed by atoms with Crippen molar-refractivity contribution in [2.45, 2.75) is 20.8 Å². The Morgan fingerprint density at radius 3 is 2.57 bits per heavy atom. The van der Waals surface area contributed by atoms with Gasteiger partial charge in [-0.15, -0.1) is 0 Å². The Hall–Kier alpha value is -2.50. The molecule has 1 heterocycles. The Morgan fingerprint density at radius 2 is 2.00 bits per heavy atom. The van der Waals surface area contributed by atoms with Gasteiger partial charge in [0.25, 0.3) is 0 Å². The zero-order chi connectivity index (χ0) is 15.2. The summed E-state index contributed by atoms with van der Waals surface area (Å²) in [6, 6.07) is 7.22. The van der Waals surface area contributed by atoms with Crippen molar-refractivity contribution >= 4 is 23.2 Å². The van der Waals surface area contributed by atoms with E-state index in [2.05, 4.69) is 45.1 Å². The van der Waals surface area contributed by atoms with E-state index < -0.39 is 0 Å². The Labute approximate surface area is 124 Å². The van der Waals surface area contributed by atoms with Gasteiger partial charge in [-0.1, -0.05) is 5.16 Å². The van der Waals surface area contributed by atoms with Crippen LogP contribution in [0.15, 0.2) is 35.1 Å². The van der Waals surface area contributed by atoms with Crippen molar-refractivity contribution in [3.63, 3.8) is 0 Å². The first-order valence-corrected chi connectivity index (χ1v) is 6.98. The zero-order valence-electron chi connectivity index (χ0n) is 12.5. The molecule has 1 aromatic heterocycles. The van der Waals surface area contributed by atoms with Crippen LogP contribution < -0.4 is 15.5 Å². The molecule has 0 aliphatic rings. The predicted octanol–water partition coefficient (Wildman–Crippen LogP) is 3.47. The van der Waals surface area contributed by atoms with Crippen molar-refractivity contribution < 1.29 is 9.32 Å². The van der Waals surface area contributed by atoms with E-state index in [0.29, 0.717) is 5.82 Å². The monoisotopic (exact) mass is 288 g/mol. The molecule has 6 nitrogen and oxygen atoms in total. The van der Waals surface area contributed by atoms with Gasteiger partial charge in [-0.05, 0) is 44.5 Å². The summed E-state index contributed by atoms with van der Waals surface area (Å²) in [5, 5.41) is 9.02. The number of hydrogen-bond donors (Lipinski definition) is 2. The maximum Gasteiger partial charge on any atom is 0.324 e. The molecular weight excluding hydrogens is 268 g/mol. The molecule has 2 amide bonds. The highest BCUT2D eigenvalue weighted by Crippen LogP contribution is 2.22. The highest BCUT2D eigenvalue weighted by Gasteiger charge is 2.08. The number of nitrogens with one attached hydrogen (secondary N) is 2. The zero-order valence-corrected chi connectivity index (χ0v) is 12.5. The molecule has 0 unspecified atom stereocenters. The third-order valence-corrected chi connectivity index (χ3v) is 3.27. The number of anilines is 3. The smallest absolute Gasteiger partial charge is 0.324 e. The van der Waals surface area contributed by atoms with Crippen molar-refractivity contribution in [1.29, 1.82) is 0 Å². The van der Waals surface area contributed by atoms with Gasteiger partial charge in [-0.3, -0.25) is 5.32 Å². The second-order valence-electron chi connectivity index (χ2n) is 4.64. The first-order chi connectivity index (χ1) is 10.1. The predicted molar refractivity (Wildman–Crippen MR) is 83.9 cm³/mol. The van der Waals surface area contributed by atoms with Gasteiger partial charge in [0.05, 0.1) is 0 Å². The molecule has 0 spiro atoms. The van der Waals surface area contributed by atoms with Gasteiger partial charge in [0.1, 0.15) is 6.26 Å². The minimum atomic E-state index is -0.345. The number of urea groups is 1. The number of hydrogen-bond acceptors (Lipinski definition) is 4. The summed E-state index contributed by atoms with van der Waals surface area (Å²) in [5.74, 6) is 0.380. The number of nitrogens with zero attached hydrogens (tertiary/aromatic N) is 2. The molecule has 0 saturated heterocycles. The summed E-state index contributed by atoms with van der Waals surface area (Å²) in [6.45, 7) is 8.12. The third-order valence-electron chi connectivity index (χ3n) is 3.27. The fourth-order valence-corrected chi connectivity index (χ4v) is 2.12. The van der Waals surface area contributed by atoms with Crippen LogP contribution in [0.1, 0.15) is 19.4 Å². The quantitative estimate of drug-likeness (QED) is 0.883. The topological polar surface area (TPSA) is 70.4 Å². The molecule has 0 aliphatic carbocycles. The fraction of sp³-hybridized carbons (Fsp3) is 0.333. The van der Waals surface area contributed by atoms with Crippen LogP contribution in [-0.2, 0) is 0 Å². The third kappa shape index (κ3) is 3.75. The number of amides is 2. The number of aromatic nitrogens is 1. The summed E-state index contributed by atoms with van der Waals surface area (Å²) in [5.41, 5.74) is 2.93. The van der Waals surface area contributed by atoms with Gasteiger partial charge in [0, 0.05) is 30.5 Å². The summed E-state index contributed by atoms with van der Waals surface area (Å²) in [6.07, 6.45) is 1.40. The molecule has 0 saturated carbocycles.